The Kier molecular flexibility index (Phi) is 7.10. The molecule has 0 spiro atoms. The zero-order valence-electron chi connectivity index (χ0n) is 19.8. The van der Waals surface area contributed by atoms with Crippen molar-refractivity contribution in [3.05, 3.63) is 95.3 Å². The lowest BCUT2D eigenvalue weighted by Gasteiger charge is -2.25. The number of amides is 2. The van der Waals surface area contributed by atoms with Crippen molar-refractivity contribution in [2.45, 2.75) is 12.5 Å². The highest BCUT2D eigenvalue weighted by Gasteiger charge is 2.35. The number of carbonyl (C=O) groups is 2. The van der Waals surface area contributed by atoms with Crippen LogP contribution >= 0.6 is 0 Å². The summed E-state index contributed by atoms with van der Waals surface area (Å²) in [7, 11) is 4.61. The fourth-order valence-electron chi connectivity index (χ4n) is 4.06. The van der Waals surface area contributed by atoms with Gasteiger partial charge in [0.2, 0.25) is 0 Å². The summed E-state index contributed by atoms with van der Waals surface area (Å²) in [5, 5.41) is 6.05. The van der Waals surface area contributed by atoms with Crippen LogP contribution in [0.15, 0.2) is 77.9 Å². The second-order valence-electron chi connectivity index (χ2n) is 8.12. The normalized spacial score (nSPS) is 14.9. The van der Waals surface area contributed by atoms with Crippen LogP contribution in [0.4, 0.5) is 4.39 Å². The molecule has 0 saturated heterocycles. The summed E-state index contributed by atoms with van der Waals surface area (Å²) >= 11 is 0. The first kappa shape index (κ1) is 23.9. The number of carbonyl (C=O) groups excluding carboxylic acids is 2. The molecule has 1 aliphatic heterocycles. The number of ether oxygens (including phenoxy) is 2. The topological polar surface area (TPSA) is 71.4 Å². The predicted molar refractivity (Wildman–Crippen MR) is 130 cm³/mol. The number of nitrogens with zero attached hydrogens (tertiary/aromatic N) is 3. The largest absolute Gasteiger partial charge is 0.497 e. The smallest absolute Gasteiger partial charge is 0.262 e. The van der Waals surface area contributed by atoms with Crippen molar-refractivity contribution < 1.29 is 23.5 Å². The zero-order valence-corrected chi connectivity index (χ0v) is 19.8. The van der Waals surface area contributed by atoms with Crippen LogP contribution in [0.2, 0.25) is 0 Å². The van der Waals surface area contributed by atoms with Crippen LogP contribution in [-0.2, 0) is 4.79 Å². The summed E-state index contributed by atoms with van der Waals surface area (Å²) in [5.41, 5.74) is 2.25. The first-order chi connectivity index (χ1) is 16.9. The van der Waals surface area contributed by atoms with Gasteiger partial charge in [-0.05, 0) is 29.8 Å². The van der Waals surface area contributed by atoms with Gasteiger partial charge >= 0.3 is 0 Å². The summed E-state index contributed by atoms with van der Waals surface area (Å²) in [4.78, 5) is 27.3. The van der Waals surface area contributed by atoms with Gasteiger partial charge in [-0.25, -0.2) is 9.40 Å². The van der Waals surface area contributed by atoms with Crippen LogP contribution in [0.25, 0.3) is 0 Å². The molecule has 0 N–H and O–H groups in total. The average molecular weight is 476 g/mol. The highest BCUT2D eigenvalue weighted by molar-refractivity contribution is 6.05. The van der Waals surface area contributed by atoms with Crippen molar-refractivity contribution in [3.63, 3.8) is 0 Å². The third kappa shape index (κ3) is 5.01. The second kappa shape index (κ2) is 10.4. The van der Waals surface area contributed by atoms with Crippen molar-refractivity contribution >= 4 is 17.5 Å². The number of hydrazone groups is 1. The lowest BCUT2D eigenvalue weighted by atomic mass is 9.98. The fraction of sp³-hybridized carbons (Fsp3) is 0.222. The van der Waals surface area contributed by atoms with E-state index in [1.165, 1.54) is 35.2 Å². The quantitative estimate of drug-likeness (QED) is 0.511. The Bertz CT molecular complexity index is 1260. The van der Waals surface area contributed by atoms with Crippen LogP contribution in [0.3, 0.4) is 0 Å². The summed E-state index contributed by atoms with van der Waals surface area (Å²) < 4.78 is 24.9. The van der Waals surface area contributed by atoms with E-state index in [0.29, 0.717) is 23.6 Å². The SMILES string of the molecule is COc1ccc(C2=NN(C(=O)CN(C)C(=O)c3ccccc3F)[C@H](c3ccccc3)C2)c(OC)c1. The van der Waals surface area contributed by atoms with E-state index >= 15 is 0 Å². The molecular weight excluding hydrogens is 449 g/mol. The van der Waals surface area contributed by atoms with Gasteiger partial charge in [0.05, 0.1) is 31.5 Å². The molecule has 35 heavy (non-hydrogen) atoms. The molecule has 0 aliphatic carbocycles. The maximum Gasteiger partial charge on any atom is 0.262 e. The van der Waals surface area contributed by atoms with Crippen LogP contribution in [0.5, 0.6) is 11.5 Å². The molecule has 3 aromatic rings. The minimum atomic E-state index is -0.632. The van der Waals surface area contributed by atoms with Crippen LogP contribution < -0.4 is 9.47 Å². The number of halogens is 1. The van der Waals surface area contributed by atoms with Crippen molar-refractivity contribution in [2.24, 2.45) is 5.10 Å². The Labute approximate surface area is 203 Å². The van der Waals surface area contributed by atoms with E-state index in [4.69, 9.17) is 9.47 Å². The van der Waals surface area contributed by atoms with E-state index in [1.807, 2.05) is 42.5 Å². The van der Waals surface area contributed by atoms with Gasteiger partial charge in [-0.15, -0.1) is 0 Å². The van der Waals surface area contributed by atoms with E-state index in [-0.39, 0.29) is 24.1 Å². The van der Waals surface area contributed by atoms with E-state index < -0.39 is 11.7 Å². The van der Waals surface area contributed by atoms with Crippen molar-refractivity contribution in [1.82, 2.24) is 9.91 Å². The monoisotopic (exact) mass is 475 g/mol. The van der Waals surface area contributed by atoms with Crippen LogP contribution in [-0.4, -0.2) is 55.2 Å². The number of likely N-dealkylation sites (N-methyl/N-ethyl adjacent to an activating group) is 1. The molecule has 0 aromatic heterocycles. The maximum atomic E-state index is 14.1. The summed E-state index contributed by atoms with van der Waals surface area (Å²) in [5.74, 6) is -0.366. The maximum absolute atomic E-state index is 14.1. The molecule has 4 rings (SSSR count). The van der Waals surface area contributed by atoms with E-state index in [1.54, 1.807) is 26.4 Å². The Hall–Kier alpha value is -4.20. The third-order valence-corrected chi connectivity index (χ3v) is 5.89. The second-order valence-corrected chi connectivity index (χ2v) is 8.12. The molecule has 8 heteroatoms. The minimum absolute atomic E-state index is 0.0870. The van der Waals surface area contributed by atoms with Crippen LogP contribution in [0, 0.1) is 5.82 Å². The molecule has 1 heterocycles. The summed E-state index contributed by atoms with van der Waals surface area (Å²) in [6, 6.07) is 20.3. The van der Waals surface area contributed by atoms with Gasteiger partial charge in [-0.3, -0.25) is 9.59 Å². The molecule has 0 unspecified atom stereocenters. The van der Waals surface area contributed by atoms with Gasteiger partial charge in [0.1, 0.15) is 23.9 Å². The molecule has 1 atom stereocenters. The molecule has 180 valence electrons. The summed E-state index contributed by atoms with van der Waals surface area (Å²) in [6.45, 7) is -0.257. The molecule has 1 aliphatic rings. The Balaban J connectivity index is 1.63. The number of rotatable bonds is 7. The Morgan fingerprint density at radius 3 is 2.43 bits per heavy atom. The number of benzene rings is 3. The molecule has 7 nitrogen and oxygen atoms in total. The third-order valence-electron chi connectivity index (χ3n) is 5.89. The number of hydrogen-bond acceptors (Lipinski definition) is 5. The van der Waals surface area contributed by atoms with Crippen molar-refractivity contribution in [2.75, 3.05) is 27.8 Å². The minimum Gasteiger partial charge on any atom is -0.497 e. The van der Waals surface area contributed by atoms with Crippen molar-refractivity contribution in [1.29, 1.82) is 0 Å². The lowest BCUT2D eigenvalue weighted by molar-refractivity contribution is -0.133. The predicted octanol–water partition coefficient (Wildman–Crippen LogP) is 4.29. The summed E-state index contributed by atoms with van der Waals surface area (Å²) in [6.07, 6.45) is 0.462. The first-order valence-corrected chi connectivity index (χ1v) is 11.1. The van der Waals surface area contributed by atoms with E-state index in [9.17, 15) is 14.0 Å². The molecule has 0 fully saturated rings. The zero-order chi connectivity index (χ0) is 24.9. The van der Waals surface area contributed by atoms with Crippen molar-refractivity contribution in [3.8, 4) is 11.5 Å². The number of methoxy groups -OCH3 is 2. The Morgan fingerprint density at radius 1 is 1.03 bits per heavy atom. The average Bonchev–Trinajstić information content (AvgIpc) is 3.34. The lowest BCUT2D eigenvalue weighted by Crippen LogP contribution is -2.39. The molecule has 0 radical (unpaired) electrons. The molecular formula is C27H26FN3O4. The van der Waals surface area contributed by atoms with Gasteiger partial charge in [0.25, 0.3) is 11.8 Å². The molecule has 2 amide bonds. The molecule has 3 aromatic carbocycles. The van der Waals surface area contributed by atoms with Gasteiger partial charge in [-0.1, -0.05) is 42.5 Å². The number of hydrogen-bond donors (Lipinski definition) is 0. The molecule has 0 saturated carbocycles. The van der Waals surface area contributed by atoms with Gasteiger partial charge < -0.3 is 14.4 Å². The van der Waals surface area contributed by atoms with Gasteiger partial charge in [0, 0.05) is 25.1 Å². The first-order valence-electron chi connectivity index (χ1n) is 11.1. The van der Waals surface area contributed by atoms with Crippen LogP contribution in [0.1, 0.15) is 33.9 Å². The van der Waals surface area contributed by atoms with Gasteiger partial charge in [-0.2, -0.15) is 5.10 Å². The van der Waals surface area contributed by atoms with E-state index in [2.05, 4.69) is 5.10 Å². The molecule has 0 bridgehead atoms. The standard InChI is InChI=1S/C27H26FN3O4/c1-30(27(33)20-11-7-8-12-22(20)28)17-26(32)31-24(18-9-5-4-6-10-18)16-23(29-31)21-14-13-19(34-2)15-25(21)35-3/h4-15,24H,16-17H2,1-3H3/t24-/m0/s1. The fourth-order valence-corrected chi connectivity index (χ4v) is 4.06. The van der Waals surface area contributed by atoms with E-state index in [0.717, 1.165) is 11.1 Å². The highest BCUT2D eigenvalue weighted by Crippen LogP contribution is 2.36. The Morgan fingerprint density at radius 2 is 1.74 bits per heavy atom. The van der Waals surface area contributed by atoms with Gasteiger partial charge in [0.15, 0.2) is 0 Å². The highest BCUT2D eigenvalue weighted by atomic mass is 19.1.